The van der Waals surface area contributed by atoms with Gasteiger partial charge in [-0.1, -0.05) is 12.1 Å². The second-order valence-electron chi connectivity index (χ2n) is 6.12. The second kappa shape index (κ2) is 7.67. The fraction of sp³-hybridized carbons (Fsp3) is 0.444. The molecule has 0 aliphatic carbocycles. The van der Waals surface area contributed by atoms with Gasteiger partial charge in [-0.25, -0.2) is 4.68 Å². The molecule has 0 spiro atoms. The van der Waals surface area contributed by atoms with Crippen LogP contribution in [0.1, 0.15) is 25.1 Å². The minimum atomic E-state index is -0.390. The zero-order chi connectivity index (χ0) is 17.8. The van der Waals surface area contributed by atoms with E-state index in [9.17, 15) is 4.79 Å². The number of nitrogens with one attached hydrogen (secondary N) is 1. The third-order valence-corrected chi connectivity index (χ3v) is 4.37. The third kappa shape index (κ3) is 3.52. The van der Waals surface area contributed by atoms with Gasteiger partial charge < -0.3 is 19.9 Å². The molecule has 2 heterocycles. The molecule has 1 unspecified atom stereocenters. The Hall–Kier alpha value is -2.38. The van der Waals surface area contributed by atoms with E-state index < -0.39 is 6.10 Å². The maximum atomic E-state index is 12.5. The summed E-state index contributed by atoms with van der Waals surface area (Å²) in [4.78, 5) is 12.5. The fourth-order valence-corrected chi connectivity index (χ4v) is 3.08. The molecule has 1 fully saturated rings. The number of carbonyl (C=O) groups is 1. The first-order valence-electron chi connectivity index (χ1n) is 8.36. The molecule has 1 aromatic carbocycles. The molecule has 1 saturated heterocycles. The van der Waals surface area contributed by atoms with Gasteiger partial charge in [-0.2, -0.15) is 5.10 Å². The van der Waals surface area contributed by atoms with Crippen LogP contribution in [0.4, 0.5) is 0 Å². The Morgan fingerprint density at radius 1 is 1.48 bits per heavy atom. The van der Waals surface area contributed by atoms with Gasteiger partial charge in [0.1, 0.15) is 17.5 Å². The predicted molar refractivity (Wildman–Crippen MR) is 91.6 cm³/mol. The molecule has 0 saturated carbocycles. The maximum absolute atomic E-state index is 12.5. The van der Waals surface area contributed by atoms with Crippen molar-refractivity contribution in [1.82, 2.24) is 15.1 Å². The minimum absolute atomic E-state index is 0.0941. The normalized spacial score (nSPS) is 21.1. The highest BCUT2D eigenvalue weighted by atomic mass is 16.5. The average molecular weight is 345 g/mol. The van der Waals surface area contributed by atoms with E-state index in [0.717, 1.165) is 11.4 Å². The predicted octanol–water partition coefficient (Wildman–Crippen LogP) is 1.46. The van der Waals surface area contributed by atoms with Crippen LogP contribution < -0.4 is 10.1 Å². The Balaban J connectivity index is 1.90. The van der Waals surface area contributed by atoms with E-state index in [1.165, 1.54) is 0 Å². The average Bonchev–Trinajstić information content (AvgIpc) is 3.30. The summed E-state index contributed by atoms with van der Waals surface area (Å²) in [6, 6.07) is 9.15. The van der Waals surface area contributed by atoms with Crippen LogP contribution in [-0.2, 0) is 9.53 Å². The maximum Gasteiger partial charge on any atom is 0.226 e. The topological polar surface area (TPSA) is 85.6 Å². The van der Waals surface area contributed by atoms with E-state index in [4.69, 9.17) is 14.6 Å². The van der Waals surface area contributed by atoms with Crippen LogP contribution >= 0.6 is 0 Å². The van der Waals surface area contributed by atoms with Gasteiger partial charge in [0.15, 0.2) is 0 Å². The van der Waals surface area contributed by atoms with E-state index in [-0.39, 0.29) is 24.5 Å². The number of ether oxygens (including phenoxy) is 2. The lowest BCUT2D eigenvalue weighted by Crippen LogP contribution is -2.40. The van der Waals surface area contributed by atoms with E-state index >= 15 is 0 Å². The minimum Gasteiger partial charge on any atom is -0.494 e. The van der Waals surface area contributed by atoms with Crippen molar-refractivity contribution in [2.24, 2.45) is 5.92 Å². The number of aliphatic hydroxyl groups is 1. The monoisotopic (exact) mass is 345 g/mol. The second-order valence-corrected chi connectivity index (χ2v) is 6.12. The molecule has 25 heavy (non-hydrogen) atoms. The molecule has 7 nitrogen and oxygen atoms in total. The van der Waals surface area contributed by atoms with Gasteiger partial charge in [0.05, 0.1) is 25.3 Å². The summed E-state index contributed by atoms with van der Waals surface area (Å²) in [5, 5.41) is 16.4. The zero-order valence-corrected chi connectivity index (χ0v) is 14.4. The molecule has 0 radical (unpaired) electrons. The summed E-state index contributed by atoms with van der Waals surface area (Å²) in [6.45, 7) is 2.18. The molecule has 1 aromatic heterocycles. The lowest BCUT2D eigenvalue weighted by molar-refractivity contribution is -0.127. The number of aromatic nitrogens is 2. The molecular weight excluding hydrogens is 322 g/mol. The summed E-state index contributed by atoms with van der Waals surface area (Å²) in [7, 11) is 1.61. The van der Waals surface area contributed by atoms with Crippen LogP contribution in [0.25, 0.3) is 5.69 Å². The molecule has 134 valence electrons. The molecule has 2 aromatic rings. The van der Waals surface area contributed by atoms with Gasteiger partial charge in [0.2, 0.25) is 5.91 Å². The molecule has 2 N–H and O–H groups in total. The third-order valence-electron chi connectivity index (χ3n) is 4.37. The molecule has 3 rings (SSSR count). The molecule has 7 heteroatoms. The first kappa shape index (κ1) is 17.4. The van der Waals surface area contributed by atoms with Crippen LogP contribution in [0.5, 0.6) is 5.75 Å². The number of nitrogens with zero attached hydrogens (tertiary/aromatic N) is 2. The molecule has 1 aliphatic rings. The summed E-state index contributed by atoms with van der Waals surface area (Å²) in [5.74, 6) is 0.260. The largest absolute Gasteiger partial charge is 0.494 e. The fourth-order valence-electron chi connectivity index (χ4n) is 3.08. The Labute approximate surface area is 146 Å². The summed E-state index contributed by atoms with van der Waals surface area (Å²) in [5.41, 5.74) is 1.60. The van der Waals surface area contributed by atoms with Crippen LogP contribution in [0.2, 0.25) is 0 Å². The number of methoxy groups -OCH3 is 1. The van der Waals surface area contributed by atoms with Gasteiger partial charge in [0, 0.05) is 18.8 Å². The highest BCUT2D eigenvalue weighted by Crippen LogP contribution is 2.36. The van der Waals surface area contributed by atoms with Crippen molar-refractivity contribution in [3.8, 4) is 11.4 Å². The summed E-state index contributed by atoms with van der Waals surface area (Å²) in [6.07, 6.45) is 1.93. The molecule has 1 aliphatic heterocycles. The Kier molecular flexibility index (Phi) is 5.35. The van der Waals surface area contributed by atoms with E-state index in [0.29, 0.717) is 18.8 Å². The standard InChI is InChI=1S/C18H23N3O4/c1-12(11-22)20-18(23)13-8-10-25-17(13)15-7-9-19-21(15)14-5-3-4-6-16(14)24-2/h3-7,9,12-13,17,22H,8,10-11H2,1-2H3,(H,20,23)/t12?,13-,17-/m0/s1. The lowest BCUT2D eigenvalue weighted by Gasteiger charge is -2.21. The molecular formula is C18H23N3O4. The van der Waals surface area contributed by atoms with Crippen LogP contribution in [-0.4, -0.2) is 47.2 Å². The number of rotatable bonds is 6. The number of hydrogen-bond donors (Lipinski definition) is 2. The van der Waals surface area contributed by atoms with E-state index in [1.54, 1.807) is 24.9 Å². The number of para-hydroxylation sites is 2. The number of aliphatic hydroxyl groups excluding tert-OH is 1. The van der Waals surface area contributed by atoms with Crippen molar-refractivity contribution in [1.29, 1.82) is 0 Å². The number of amides is 1. The Morgan fingerprint density at radius 3 is 3.04 bits per heavy atom. The molecule has 3 atom stereocenters. The van der Waals surface area contributed by atoms with Gasteiger partial charge in [-0.15, -0.1) is 0 Å². The Bertz CT molecular complexity index is 731. The van der Waals surface area contributed by atoms with Gasteiger partial charge in [-0.05, 0) is 31.5 Å². The molecule has 1 amide bonds. The van der Waals surface area contributed by atoms with Gasteiger partial charge >= 0.3 is 0 Å². The number of benzene rings is 1. The van der Waals surface area contributed by atoms with Crippen molar-refractivity contribution in [3.05, 3.63) is 42.2 Å². The van der Waals surface area contributed by atoms with E-state index in [2.05, 4.69) is 10.4 Å². The Morgan fingerprint density at radius 2 is 2.28 bits per heavy atom. The van der Waals surface area contributed by atoms with Crippen molar-refractivity contribution >= 4 is 5.91 Å². The quantitative estimate of drug-likeness (QED) is 0.828. The van der Waals surface area contributed by atoms with Gasteiger partial charge in [0.25, 0.3) is 0 Å². The summed E-state index contributed by atoms with van der Waals surface area (Å²) >= 11 is 0. The van der Waals surface area contributed by atoms with Crippen molar-refractivity contribution in [2.75, 3.05) is 20.3 Å². The highest BCUT2D eigenvalue weighted by Gasteiger charge is 2.37. The SMILES string of the molecule is COc1ccccc1-n1nccc1[C@H]1OCC[C@@H]1C(=O)NC(C)CO. The smallest absolute Gasteiger partial charge is 0.226 e. The first-order chi connectivity index (χ1) is 12.2. The number of hydrogen-bond acceptors (Lipinski definition) is 5. The molecule has 0 bridgehead atoms. The zero-order valence-electron chi connectivity index (χ0n) is 14.4. The van der Waals surface area contributed by atoms with Crippen LogP contribution in [0.15, 0.2) is 36.5 Å². The highest BCUT2D eigenvalue weighted by molar-refractivity contribution is 5.80. The van der Waals surface area contributed by atoms with Gasteiger partial charge in [-0.3, -0.25) is 4.79 Å². The van der Waals surface area contributed by atoms with Crippen molar-refractivity contribution in [2.45, 2.75) is 25.5 Å². The van der Waals surface area contributed by atoms with Crippen LogP contribution in [0.3, 0.4) is 0 Å². The summed E-state index contributed by atoms with van der Waals surface area (Å²) < 4.78 is 13.0. The first-order valence-corrected chi connectivity index (χ1v) is 8.36. The number of carbonyl (C=O) groups excluding carboxylic acids is 1. The lowest BCUT2D eigenvalue weighted by atomic mass is 9.97. The van der Waals surface area contributed by atoms with Crippen molar-refractivity contribution in [3.63, 3.8) is 0 Å². The van der Waals surface area contributed by atoms with Crippen molar-refractivity contribution < 1.29 is 19.4 Å². The van der Waals surface area contributed by atoms with Crippen LogP contribution in [0, 0.1) is 5.92 Å². The van der Waals surface area contributed by atoms with E-state index in [1.807, 2.05) is 30.3 Å².